The largest absolute Gasteiger partial charge is 0.411 e. The molecule has 0 atom stereocenters. The fraction of sp³-hybridized carbons (Fsp3) is 0.200. The highest BCUT2D eigenvalue weighted by Gasteiger charge is 2.07. The lowest BCUT2D eigenvalue weighted by Gasteiger charge is -2.09. The maximum absolute atomic E-state index is 11.1. The van der Waals surface area contributed by atoms with Crippen LogP contribution in [0.3, 0.4) is 0 Å². The zero-order valence-corrected chi connectivity index (χ0v) is 9.17. The number of hydrogen-bond donors (Lipinski definition) is 2. The van der Waals surface area contributed by atoms with Crippen LogP contribution in [0, 0.1) is 13.8 Å². The minimum Gasteiger partial charge on any atom is -0.411 e. The summed E-state index contributed by atoms with van der Waals surface area (Å²) in [6.45, 7) is 3.75. The first-order valence-corrected chi connectivity index (χ1v) is 4.67. The average Bonchev–Trinajstić information content (AvgIpc) is 2.11. The summed E-state index contributed by atoms with van der Waals surface area (Å²) in [6.07, 6.45) is 0.773. The zero-order valence-electron chi connectivity index (χ0n) is 8.41. The highest BCUT2D eigenvalue weighted by Crippen LogP contribution is 2.26. The maximum atomic E-state index is 11.1. The molecule has 0 aromatic heterocycles. The summed E-state index contributed by atoms with van der Waals surface area (Å²) in [6, 6.07) is 3.65. The molecular formula is C10H11ClN2O2. The number of amides is 1. The van der Waals surface area contributed by atoms with Crippen molar-refractivity contribution in [1.29, 1.82) is 0 Å². The molecule has 2 N–H and O–H groups in total. The molecule has 1 amide bonds. The van der Waals surface area contributed by atoms with Gasteiger partial charge < -0.3 is 10.5 Å². The van der Waals surface area contributed by atoms with Gasteiger partial charge in [0, 0.05) is 0 Å². The van der Waals surface area contributed by atoms with E-state index in [1.165, 1.54) is 0 Å². The lowest BCUT2D eigenvalue weighted by molar-refractivity contribution is -0.110. The van der Waals surface area contributed by atoms with E-state index in [2.05, 4.69) is 10.5 Å². The molecule has 15 heavy (non-hydrogen) atoms. The predicted molar refractivity (Wildman–Crippen MR) is 59.8 cm³/mol. The van der Waals surface area contributed by atoms with Gasteiger partial charge in [-0.3, -0.25) is 4.79 Å². The van der Waals surface area contributed by atoms with Crippen LogP contribution in [0.5, 0.6) is 0 Å². The second-order valence-corrected chi connectivity index (χ2v) is 3.58. The highest BCUT2D eigenvalue weighted by atomic mass is 35.5. The van der Waals surface area contributed by atoms with Crippen molar-refractivity contribution in [1.82, 2.24) is 0 Å². The number of hydrogen-bond acceptors (Lipinski definition) is 3. The van der Waals surface area contributed by atoms with E-state index in [0.717, 1.165) is 17.3 Å². The van der Waals surface area contributed by atoms with E-state index in [4.69, 9.17) is 16.8 Å². The third kappa shape index (κ3) is 2.95. The van der Waals surface area contributed by atoms with Gasteiger partial charge >= 0.3 is 0 Å². The van der Waals surface area contributed by atoms with Crippen molar-refractivity contribution in [3.8, 4) is 0 Å². The van der Waals surface area contributed by atoms with Crippen molar-refractivity contribution >= 4 is 29.4 Å². The lowest BCUT2D eigenvalue weighted by Crippen LogP contribution is -2.13. The molecule has 0 fully saturated rings. The van der Waals surface area contributed by atoms with Crippen LogP contribution >= 0.6 is 11.6 Å². The Morgan fingerprint density at radius 3 is 2.73 bits per heavy atom. The van der Waals surface area contributed by atoms with E-state index < -0.39 is 5.91 Å². The number of anilines is 1. The van der Waals surface area contributed by atoms with Crippen molar-refractivity contribution in [3.05, 3.63) is 28.3 Å². The topological polar surface area (TPSA) is 61.7 Å². The molecule has 0 unspecified atom stereocenters. The van der Waals surface area contributed by atoms with E-state index in [-0.39, 0.29) is 0 Å². The van der Waals surface area contributed by atoms with Gasteiger partial charge in [0.15, 0.2) is 0 Å². The summed E-state index contributed by atoms with van der Waals surface area (Å²) in [5.74, 6) is -0.522. The number of halogens is 1. The third-order valence-corrected chi connectivity index (χ3v) is 2.15. The van der Waals surface area contributed by atoms with Crippen LogP contribution in [-0.4, -0.2) is 17.3 Å². The van der Waals surface area contributed by atoms with Crippen LogP contribution in [0.1, 0.15) is 11.1 Å². The number of nitrogens with one attached hydrogen (secondary N) is 1. The molecule has 1 aromatic rings. The van der Waals surface area contributed by atoms with Gasteiger partial charge in [0.2, 0.25) is 0 Å². The quantitative estimate of drug-likeness (QED) is 0.462. The van der Waals surface area contributed by atoms with Gasteiger partial charge in [-0.25, -0.2) is 0 Å². The van der Waals surface area contributed by atoms with Gasteiger partial charge in [0.25, 0.3) is 5.91 Å². The molecule has 0 saturated carbocycles. The lowest BCUT2D eigenvalue weighted by atomic mass is 10.1. The second kappa shape index (κ2) is 4.79. The van der Waals surface area contributed by atoms with Gasteiger partial charge in [-0.05, 0) is 31.0 Å². The SMILES string of the molecule is Cc1cc(C)c(NC(=O)C=NO)c(Cl)c1. The van der Waals surface area contributed by atoms with Crippen molar-refractivity contribution in [3.63, 3.8) is 0 Å². The summed E-state index contributed by atoms with van der Waals surface area (Å²) < 4.78 is 0. The summed E-state index contributed by atoms with van der Waals surface area (Å²) in [4.78, 5) is 11.1. The molecule has 0 bridgehead atoms. The van der Waals surface area contributed by atoms with Crippen molar-refractivity contribution < 1.29 is 10.0 Å². The Balaban J connectivity index is 3.00. The van der Waals surface area contributed by atoms with Crippen LogP contribution in [0.2, 0.25) is 5.02 Å². The van der Waals surface area contributed by atoms with Gasteiger partial charge in [-0.2, -0.15) is 0 Å². The van der Waals surface area contributed by atoms with Crippen LogP contribution in [0.15, 0.2) is 17.3 Å². The van der Waals surface area contributed by atoms with Crippen molar-refractivity contribution in [2.45, 2.75) is 13.8 Å². The average molecular weight is 227 g/mol. The highest BCUT2D eigenvalue weighted by molar-refractivity contribution is 6.37. The molecule has 0 heterocycles. The van der Waals surface area contributed by atoms with Gasteiger partial charge in [0.1, 0.15) is 6.21 Å². The van der Waals surface area contributed by atoms with E-state index in [9.17, 15) is 4.79 Å². The van der Waals surface area contributed by atoms with E-state index in [1.807, 2.05) is 19.9 Å². The zero-order chi connectivity index (χ0) is 11.4. The first-order valence-electron chi connectivity index (χ1n) is 4.29. The Morgan fingerprint density at radius 1 is 1.53 bits per heavy atom. The van der Waals surface area contributed by atoms with Gasteiger partial charge in [0.05, 0.1) is 10.7 Å². The molecule has 4 nitrogen and oxygen atoms in total. The molecule has 0 aliphatic carbocycles. The van der Waals surface area contributed by atoms with E-state index >= 15 is 0 Å². The molecule has 0 radical (unpaired) electrons. The molecule has 5 heteroatoms. The fourth-order valence-electron chi connectivity index (χ4n) is 1.28. The minimum absolute atomic E-state index is 0.465. The molecule has 0 saturated heterocycles. The fourth-order valence-corrected chi connectivity index (χ4v) is 1.65. The minimum atomic E-state index is -0.522. The molecule has 0 aliphatic rings. The number of benzene rings is 1. The molecule has 1 rings (SSSR count). The number of oxime groups is 1. The summed E-state index contributed by atoms with van der Waals surface area (Å²) in [5.41, 5.74) is 2.41. The van der Waals surface area contributed by atoms with E-state index in [1.54, 1.807) is 6.07 Å². The number of nitrogens with zero attached hydrogens (tertiary/aromatic N) is 1. The first-order chi connectivity index (χ1) is 7.04. The maximum Gasteiger partial charge on any atom is 0.270 e. The Labute approximate surface area is 92.5 Å². The Bertz CT molecular complexity index is 393. The normalized spacial score (nSPS) is 10.6. The number of carbonyl (C=O) groups is 1. The molecule has 0 aliphatic heterocycles. The van der Waals surface area contributed by atoms with E-state index in [0.29, 0.717) is 10.7 Å². The molecular weight excluding hydrogens is 216 g/mol. The second-order valence-electron chi connectivity index (χ2n) is 3.17. The predicted octanol–water partition coefficient (Wildman–Crippen LogP) is 2.36. The van der Waals surface area contributed by atoms with Crippen LogP contribution in [0.25, 0.3) is 0 Å². The van der Waals surface area contributed by atoms with Gasteiger partial charge in [-0.15, -0.1) is 0 Å². The monoisotopic (exact) mass is 226 g/mol. The summed E-state index contributed by atoms with van der Waals surface area (Å²) in [5, 5.41) is 13.8. The molecule has 80 valence electrons. The van der Waals surface area contributed by atoms with Crippen LogP contribution in [0.4, 0.5) is 5.69 Å². The summed E-state index contributed by atoms with van der Waals surface area (Å²) in [7, 11) is 0. The molecule has 1 aromatic carbocycles. The number of rotatable bonds is 2. The van der Waals surface area contributed by atoms with Crippen molar-refractivity contribution in [2.75, 3.05) is 5.32 Å². The standard InChI is InChI=1S/C10H11ClN2O2/c1-6-3-7(2)10(8(11)4-6)13-9(14)5-12-15/h3-5,15H,1-2H3,(H,13,14). The number of carbonyl (C=O) groups excluding carboxylic acids is 1. The Morgan fingerprint density at radius 2 is 2.20 bits per heavy atom. The first kappa shape index (κ1) is 11.5. The van der Waals surface area contributed by atoms with Crippen LogP contribution in [-0.2, 0) is 4.79 Å². The number of aryl methyl sites for hydroxylation is 2. The summed E-state index contributed by atoms with van der Waals surface area (Å²) >= 11 is 5.96. The molecule has 0 spiro atoms. The van der Waals surface area contributed by atoms with Gasteiger partial charge in [-0.1, -0.05) is 22.8 Å². The Hall–Kier alpha value is -1.55. The Kier molecular flexibility index (Phi) is 3.68. The van der Waals surface area contributed by atoms with Crippen LogP contribution < -0.4 is 5.32 Å². The smallest absolute Gasteiger partial charge is 0.270 e. The third-order valence-electron chi connectivity index (χ3n) is 1.85. The van der Waals surface area contributed by atoms with Crippen molar-refractivity contribution in [2.24, 2.45) is 5.16 Å².